The summed E-state index contributed by atoms with van der Waals surface area (Å²) in [5.41, 5.74) is 2.58. The molecule has 3 N–H and O–H groups in total. The maximum Gasteiger partial charge on any atom is 0.275 e. The van der Waals surface area contributed by atoms with E-state index < -0.39 is 23.8 Å². The van der Waals surface area contributed by atoms with Crippen LogP contribution in [0.4, 0.5) is 0 Å². The molecule has 126 valence electrons. The fourth-order valence-corrected chi connectivity index (χ4v) is 2.27. The molecule has 24 heavy (non-hydrogen) atoms. The van der Waals surface area contributed by atoms with Crippen molar-refractivity contribution in [2.24, 2.45) is 0 Å². The molecule has 1 atom stereocenters. The van der Waals surface area contributed by atoms with Crippen LogP contribution in [0.25, 0.3) is 5.69 Å². The summed E-state index contributed by atoms with van der Waals surface area (Å²) in [5, 5.41) is 11.1. The zero-order valence-corrected chi connectivity index (χ0v) is 13.3. The minimum absolute atomic E-state index is 0.313. The van der Waals surface area contributed by atoms with Gasteiger partial charge in [0.2, 0.25) is 0 Å². The number of nitrogens with zero attached hydrogens (tertiary/aromatic N) is 2. The first-order valence-electron chi connectivity index (χ1n) is 7.15. The molecule has 3 amide bonds. The third kappa shape index (κ3) is 3.44. The third-order valence-electron chi connectivity index (χ3n) is 3.58. The Morgan fingerprint density at radius 3 is 2.17 bits per heavy atom. The van der Waals surface area contributed by atoms with Crippen LogP contribution in [0.3, 0.4) is 0 Å². The lowest BCUT2D eigenvalue weighted by Crippen LogP contribution is -2.54. The predicted octanol–water partition coefficient (Wildman–Crippen LogP) is 0.169. The van der Waals surface area contributed by atoms with E-state index in [0.717, 1.165) is 10.6 Å². The average molecular weight is 330 g/mol. The maximum atomic E-state index is 12.5. The molecular formula is C16H18N4O4. The Labute approximate surface area is 138 Å². The van der Waals surface area contributed by atoms with E-state index in [2.05, 4.69) is 5.32 Å². The van der Waals surface area contributed by atoms with Crippen LogP contribution in [0, 0.1) is 0 Å². The van der Waals surface area contributed by atoms with Crippen molar-refractivity contribution in [2.45, 2.75) is 6.04 Å². The molecule has 1 aromatic carbocycles. The van der Waals surface area contributed by atoms with Gasteiger partial charge in [-0.25, -0.2) is 5.48 Å². The molecule has 0 aliphatic rings. The highest BCUT2D eigenvalue weighted by Gasteiger charge is 2.33. The molecule has 2 aromatic rings. The van der Waals surface area contributed by atoms with Gasteiger partial charge in [0.1, 0.15) is 0 Å². The number of benzene rings is 1. The van der Waals surface area contributed by atoms with Crippen LogP contribution in [0.15, 0.2) is 48.8 Å². The summed E-state index contributed by atoms with van der Waals surface area (Å²) in [7, 11) is 2.65. The molecular weight excluding hydrogens is 312 g/mol. The second kappa shape index (κ2) is 7.42. The van der Waals surface area contributed by atoms with Crippen molar-refractivity contribution >= 4 is 17.7 Å². The Morgan fingerprint density at radius 2 is 1.67 bits per heavy atom. The molecule has 1 unspecified atom stereocenters. The van der Waals surface area contributed by atoms with E-state index in [1.807, 2.05) is 29.1 Å². The summed E-state index contributed by atoms with van der Waals surface area (Å²) >= 11 is 0. The number of hydrogen-bond acceptors (Lipinski definition) is 4. The zero-order chi connectivity index (χ0) is 17.7. The van der Waals surface area contributed by atoms with Gasteiger partial charge in [-0.15, -0.1) is 0 Å². The molecule has 0 spiro atoms. The number of hydrogen-bond donors (Lipinski definition) is 3. The highest BCUT2D eigenvalue weighted by molar-refractivity contribution is 6.08. The monoisotopic (exact) mass is 330 g/mol. The predicted molar refractivity (Wildman–Crippen MR) is 85.6 cm³/mol. The number of hydroxylamine groups is 1. The molecule has 0 saturated heterocycles. The molecule has 8 heteroatoms. The van der Waals surface area contributed by atoms with Crippen molar-refractivity contribution in [3.63, 3.8) is 0 Å². The van der Waals surface area contributed by atoms with Crippen LogP contribution < -0.4 is 10.8 Å². The summed E-state index contributed by atoms with van der Waals surface area (Å²) < 4.78 is 1.88. The Morgan fingerprint density at radius 1 is 1.08 bits per heavy atom. The SMILES string of the molecule is CNC(=O)C(C(=O)NO)N(C)C(=O)c1ccc(-n2cccc2)cc1. The van der Waals surface area contributed by atoms with Crippen molar-refractivity contribution < 1.29 is 19.6 Å². The number of likely N-dealkylation sites (N-methyl/N-ethyl adjacent to an activating group) is 2. The van der Waals surface area contributed by atoms with E-state index in [1.54, 1.807) is 24.3 Å². The lowest BCUT2D eigenvalue weighted by atomic mass is 10.1. The zero-order valence-electron chi connectivity index (χ0n) is 13.3. The second-order valence-electron chi connectivity index (χ2n) is 5.05. The van der Waals surface area contributed by atoms with Gasteiger partial charge in [-0.2, -0.15) is 0 Å². The van der Waals surface area contributed by atoms with Crippen molar-refractivity contribution in [3.8, 4) is 5.69 Å². The van der Waals surface area contributed by atoms with Crippen LogP contribution in [0.1, 0.15) is 10.4 Å². The minimum atomic E-state index is -1.48. The first-order valence-corrected chi connectivity index (χ1v) is 7.15. The van der Waals surface area contributed by atoms with E-state index in [-0.39, 0.29) is 0 Å². The van der Waals surface area contributed by atoms with Gasteiger partial charge in [0.05, 0.1) is 0 Å². The number of rotatable bonds is 5. The third-order valence-corrected chi connectivity index (χ3v) is 3.58. The Kier molecular flexibility index (Phi) is 5.33. The largest absolute Gasteiger partial charge is 0.357 e. The lowest BCUT2D eigenvalue weighted by molar-refractivity contribution is -0.140. The first-order chi connectivity index (χ1) is 11.5. The van der Waals surface area contributed by atoms with Gasteiger partial charge < -0.3 is 14.8 Å². The van der Waals surface area contributed by atoms with Crippen molar-refractivity contribution in [1.82, 2.24) is 20.3 Å². The average Bonchev–Trinajstić information content (AvgIpc) is 3.15. The fourth-order valence-electron chi connectivity index (χ4n) is 2.27. The summed E-state index contributed by atoms with van der Waals surface area (Å²) in [6, 6.07) is 9.00. The molecule has 8 nitrogen and oxygen atoms in total. The van der Waals surface area contributed by atoms with Crippen LogP contribution >= 0.6 is 0 Å². The molecule has 0 radical (unpaired) electrons. The van der Waals surface area contributed by atoms with Gasteiger partial charge in [0.15, 0.2) is 6.04 Å². The van der Waals surface area contributed by atoms with Gasteiger partial charge in [-0.3, -0.25) is 19.6 Å². The van der Waals surface area contributed by atoms with E-state index in [9.17, 15) is 14.4 Å². The lowest BCUT2D eigenvalue weighted by Gasteiger charge is -2.25. The van der Waals surface area contributed by atoms with Gasteiger partial charge in [-0.05, 0) is 36.4 Å². The highest BCUT2D eigenvalue weighted by atomic mass is 16.5. The maximum absolute atomic E-state index is 12.5. The molecule has 1 heterocycles. The molecule has 2 rings (SSSR count). The summed E-state index contributed by atoms with van der Waals surface area (Å²) in [4.78, 5) is 37.0. The molecule has 0 fully saturated rings. The summed E-state index contributed by atoms with van der Waals surface area (Å²) in [6.45, 7) is 0. The molecule has 0 bridgehead atoms. The Balaban J connectivity index is 2.22. The molecule has 0 aliphatic heterocycles. The highest BCUT2D eigenvalue weighted by Crippen LogP contribution is 2.13. The Bertz CT molecular complexity index is 709. The van der Waals surface area contributed by atoms with Gasteiger partial charge in [0.25, 0.3) is 17.7 Å². The van der Waals surface area contributed by atoms with E-state index in [0.29, 0.717) is 5.56 Å². The molecule has 1 aromatic heterocycles. The van der Waals surface area contributed by atoms with Crippen LogP contribution in [-0.4, -0.2) is 52.5 Å². The van der Waals surface area contributed by atoms with Crippen LogP contribution in [0.2, 0.25) is 0 Å². The van der Waals surface area contributed by atoms with Crippen LogP contribution in [0.5, 0.6) is 0 Å². The van der Waals surface area contributed by atoms with Gasteiger partial charge in [-0.1, -0.05) is 0 Å². The smallest absolute Gasteiger partial charge is 0.275 e. The van der Waals surface area contributed by atoms with E-state index in [4.69, 9.17) is 5.21 Å². The number of amides is 3. The second-order valence-corrected chi connectivity index (χ2v) is 5.05. The van der Waals surface area contributed by atoms with Crippen LogP contribution in [-0.2, 0) is 9.59 Å². The number of aromatic nitrogens is 1. The van der Waals surface area contributed by atoms with Gasteiger partial charge >= 0.3 is 0 Å². The molecule has 0 aliphatic carbocycles. The number of carbonyl (C=O) groups excluding carboxylic acids is 3. The first kappa shape index (κ1) is 17.2. The van der Waals surface area contributed by atoms with E-state index >= 15 is 0 Å². The van der Waals surface area contributed by atoms with Crippen molar-refractivity contribution in [1.29, 1.82) is 0 Å². The fraction of sp³-hybridized carbons (Fsp3) is 0.188. The summed E-state index contributed by atoms with van der Waals surface area (Å²) in [5.74, 6) is -2.22. The summed E-state index contributed by atoms with van der Waals surface area (Å²) in [6.07, 6.45) is 3.74. The quantitative estimate of drug-likeness (QED) is 0.413. The normalized spacial score (nSPS) is 11.5. The number of carbonyl (C=O) groups is 3. The molecule has 0 saturated carbocycles. The standard InChI is InChI=1S/C16H18N4O4/c1-17-14(21)13(15(22)18-24)19(2)16(23)11-5-7-12(8-6-11)20-9-3-4-10-20/h3-10,13,24H,1-2H3,(H,17,21)(H,18,22). The Hall–Kier alpha value is -3.13. The van der Waals surface area contributed by atoms with Crippen molar-refractivity contribution in [3.05, 3.63) is 54.4 Å². The van der Waals surface area contributed by atoms with Crippen molar-refractivity contribution in [2.75, 3.05) is 14.1 Å². The van der Waals surface area contributed by atoms with E-state index in [1.165, 1.54) is 19.6 Å². The van der Waals surface area contributed by atoms with Gasteiger partial charge in [0, 0.05) is 37.7 Å². The minimum Gasteiger partial charge on any atom is -0.357 e. The number of nitrogens with one attached hydrogen (secondary N) is 2. The topological polar surface area (TPSA) is 104 Å².